The van der Waals surface area contributed by atoms with Crippen LogP contribution in [0.15, 0.2) is 54.1 Å². The lowest BCUT2D eigenvalue weighted by Crippen LogP contribution is -2.13. The Bertz CT molecular complexity index is 1310. The Hall–Kier alpha value is -4.31. The van der Waals surface area contributed by atoms with Gasteiger partial charge in [0.1, 0.15) is 17.4 Å². The Kier molecular flexibility index (Phi) is 7.54. The Morgan fingerprint density at radius 2 is 1.88 bits per heavy atom. The molecule has 0 saturated heterocycles. The second-order valence-corrected chi connectivity index (χ2v) is 7.74. The minimum atomic E-state index is -0.500. The Morgan fingerprint density at radius 1 is 1.12 bits per heavy atom. The van der Waals surface area contributed by atoms with E-state index in [2.05, 4.69) is 5.32 Å². The van der Waals surface area contributed by atoms with E-state index in [0.29, 0.717) is 23.6 Å². The highest BCUT2D eigenvalue weighted by Crippen LogP contribution is 2.26. The topological polar surface area (TPSA) is 93.4 Å². The van der Waals surface area contributed by atoms with E-state index in [1.54, 1.807) is 42.5 Å². The van der Waals surface area contributed by atoms with Crippen molar-refractivity contribution < 1.29 is 19.1 Å². The van der Waals surface area contributed by atoms with E-state index in [1.165, 1.54) is 7.11 Å². The Labute approximate surface area is 199 Å². The molecule has 3 aromatic rings. The van der Waals surface area contributed by atoms with Crippen LogP contribution in [0.3, 0.4) is 0 Å². The fraction of sp³-hybridized carbons (Fsp3) is 0.222. The number of hydrogen-bond donors (Lipinski definition) is 1. The van der Waals surface area contributed by atoms with Crippen molar-refractivity contribution in [2.24, 2.45) is 0 Å². The molecule has 0 radical (unpaired) electrons. The predicted octanol–water partition coefficient (Wildman–Crippen LogP) is 5.13. The molecular weight excluding hydrogens is 430 g/mol. The number of nitrogens with zero attached hydrogens (tertiary/aromatic N) is 2. The van der Waals surface area contributed by atoms with Gasteiger partial charge in [-0.3, -0.25) is 4.79 Å². The summed E-state index contributed by atoms with van der Waals surface area (Å²) in [6, 6.07) is 16.3. The molecule has 2 aromatic carbocycles. The summed E-state index contributed by atoms with van der Waals surface area (Å²) in [5, 5.41) is 12.4. The third-order valence-electron chi connectivity index (χ3n) is 5.40. The average Bonchev–Trinajstić information content (AvgIpc) is 3.09. The molecule has 1 N–H and O–H groups in total. The zero-order chi connectivity index (χ0) is 24.8. The molecule has 7 heteroatoms. The van der Waals surface area contributed by atoms with Crippen LogP contribution in [0.25, 0.3) is 11.8 Å². The van der Waals surface area contributed by atoms with Crippen LogP contribution < -0.4 is 10.1 Å². The van der Waals surface area contributed by atoms with Crippen LogP contribution in [0.5, 0.6) is 5.75 Å². The second-order valence-electron chi connectivity index (χ2n) is 7.74. The maximum absolute atomic E-state index is 12.8. The summed E-state index contributed by atoms with van der Waals surface area (Å²) in [5.41, 5.74) is 5.35. The third-order valence-corrected chi connectivity index (χ3v) is 5.40. The average molecular weight is 458 g/mol. The molecule has 0 aliphatic carbocycles. The largest absolute Gasteiger partial charge is 0.494 e. The summed E-state index contributed by atoms with van der Waals surface area (Å²) in [6.07, 6.45) is 1.58. The van der Waals surface area contributed by atoms with Crippen molar-refractivity contribution in [2.45, 2.75) is 27.7 Å². The van der Waals surface area contributed by atoms with Crippen LogP contribution in [0.2, 0.25) is 0 Å². The first-order valence-corrected chi connectivity index (χ1v) is 10.8. The van der Waals surface area contributed by atoms with Gasteiger partial charge in [-0.25, -0.2) is 4.79 Å². The Morgan fingerprint density at radius 3 is 2.53 bits per heavy atom. The van der Waals surface area contributed by atoms with Crippen LogP contribution in [-0.4, -0.2) is 30.2 Å². The molecule has 0 unspecified atom stereocenters. The van der Waals surface area contributed by atoms with Crippen molar-refractivity contribution in [1.29, 1.82) is 5.26 Å². The number of anilines is 1. The SMILES string of the molecule is CCOc1cccc(NC(=O)/C(C#N)=C\c2cc(C)n(-c3ccc(C(=O)OC)cc3C)c2C)c1. The molecule has 1 heterocycles. The zero-order valence-electron chi connectivity index (χ0n) is 19.9. The lowest BCUT2D eigenvalue weighted by atomic mass is 10.1. The summed E-state index contributed by atoms with van der Waals surface area (Å²) in [5.74, 6) is -0.254. The van der Waals surface area contributed by atoms with Crippen molar-refractivity contribution in [3.05, 3.63) is 82.2 Å². The third kappa shape index (κ3) is 5.18. The number of aromatic nitrogens is 1. The van der Waals surface area contributed by atoms with Crippen LogP contribution in [0.4, 0.5) is 5.69 Å². The van der Waals surface area contributed by atoms with E-state index in [1.807, 2.05) is 50.5 Å². The molecule has 0 bridgehead atoms. The van der Waals surface area contributed by atoms with Gasteiger partial charge in [0.05, 0.1) is 19.3 Å². The number of benzene rings is 2. The van der Waals surface area contributed by atoms with Crippen molar-refractivity contribution in [3.63, 3.8) is 0 Å². The van der Waals surface area contributed by atoms with Gasteiger partial charge in [0.2, 0.25) is 0 Å². The first-order valence-electron chi connectivity index (χ1n) is 10.8. The quantitative estimate of drug-likeness (QED) is 0.301. The molecule has 0 aliphatic rings. The number of hydrogen-bond acceptors (Lipinski definition) is 5. The molecule has 1 aromatic heterocycles. The van der Waals surface area contributed by atoms with Gasteiger partial charge in [0.25, 0.3) is 5.91 Å². The number of carbonyl (C=O) groups excluding carboxylic acids is 2. The molecule has 1 amide bonds. The molecule has 174 valence electrons. The summed E-state index contributed by atoms with van der Waals surface area (Å²) in [7, 11) is 1.35. The first-order chi connectivity index (χ1) is 16.3. The van der Waals surface area contributed by atoms with Crippen LogP contribution in [-0.2, 0) is 9.53 Å². The van der Waals surface area contributed by atoms with Gasteiger partial charge >= 0.3 is 5.97 Å². The fourth-order valence-corrected chi connectivity index (χ4v) is 3.79. The van der Waals surface area contributed by atoms with Gasteiger partial charge in [0.15, 0.2) is 0 Å². The lowest BCUT2D eigenvalue weighted by molar-refractivity contribution is -0.112. The van der Waals surface area contributed by atoms with Gasteiger partial charge in [-0.05, 0) is 81.3 Å². The maximum Gasteiger partial charge on any atom is 0.337 e. The minimum absolute atomic E-state index is 0.0141. The number of nitriles is 1. The van der Waals surface area contributed by atoms with Crippen molar-refractivity contribution in [1.82, 2.24) is 4.57 Å². The number of nitrogens with one attached hydrogen (secondary N) is 1. The number of methoxy groups -OCH3 is 1. The summed E-state index contributed by atoms with van der Waals surface area (Å²) < 4.78 is 12.3. The van der Waals surface area contributed by atoms with Crippen LogP contribution in [0.1, 0.15) is 39.8 Å². The van der Waals surface area contributed by atoms with Gasteiger partial charge in [0, 0.05) is 28.8 Å². The first kappa shape index (κ1) is 24.3. The molecule has 0 aliphatic heterocycles. The van der Waals surface area contributed by atoms with Gasteiger partial charge < -0.3 is 19.4 Å². The van der Waals surface area contributed by atoms with Crippen molar-refractivity contribution in [3.8, 4) is 17.5 Å². The maximum atomic E-state index is 12.8. The zero-order valence-corrected chi connectivity index (χ0v) is 19.9. The standard InChI is InChI=1S/C27H27N3O4/c1-6-34-24-9-7-8-23(15-24)29-26(31)22(16-28)14-21-13-18(3)30(19(21)4)25-11-10-20(12-17(25)2)27(32)33-5/h7-15H,6H2,1-5H3,(H,29,31)/b22-14-. The molecule has 34 heavy (non-hydrogen) atoms. The molecule has 0 saturated carbocycles. The number of amides is 1. The summed E-state index contributed by atoms with van der Waals surface area (Å²) in [4.78, 5) is 24.6. The van der Waals surface area contributed by atoms with Gasteiger partial charge in [-0.2, -0.15) is 5.26 Å². The summed E-state index contributed by atoms with van der Waals surface area (Å²) >= 11 is 0. The van der Waals surface area contributed by atoms with E-state index in [0.717, 1.165) is 28.2 Å². The van der Waals surface area contributed by atoms with Crippen LogP contribution >= 0.6 is 0 Å². The van der Waals surface area contributed by atoms with E-state index < -0.39 is 11.9 Å². The van der Waals surface area contributed by atoms with Crippen molar-refractivity contribution >= 4 is 23.6 Å². The molecule has 3 rings (SSSR count). The number of esters is 1. The van der Waals surface area contributed by atoms with Gasteiger partial charge in [-0.1, -0.05) is 6.07 Å². The number of ether oxygens (including phenoxy) is 2. The highest BCUT2D eigenvalue weighted by molar-refractivity contribution is 6.09. The van der Waals surface area contributed by atoms with Crippen molar-refractivity contribution in [2.75, 3.05) is 19.0 Å². The van der Waals surface area contributed by atoms with Crippen LogP contribution in [0, 0.1) is 32.1 Å². The van der Waals surface area contributed by atoms with E-state index in [9.17, 15) is 14.9 Å². The molecule has 0 atom stereocenters. The normalized spacial score (nSPS) is 11.0. The van der Waals surface area contributed by atoms with Gasteiger partial charge in [-0.15, -0.1) is 0 Å². The number of carbonyl (C=O) groups is 2. The lowest BCUT2D eigenvalue weighted by Gasteiger charge is -2.14. The molecule has 7 nitrogen and oxygen atoms in total. The van der Waals surface area contributed by atoms with E-state index >= 15 is 0 Å². The minimum Gasteiger partial charge on any atom is -0.494 e. The monoisotopic (exact) mass is 457 g/mol. The van der Waals surface area contributed by atoms with E-state index in [4.69, 9.17) is 9.47 Å². The smallest absolute Gasteiger partial charge is 0.337 e. The number of rotatable bonds is 7. The van der Waals surface area contributed by atoms with E-state index in [-0.39, 0.29) is 5.57 Å². The summed E-state index contributed by atoms with van der Waals surface area (Å²) in [6.45, 7) is 8.18. The Balaban J connectivity index is 1.92. The highest BCUT2D eigenvalue weighted by atomic mass is 16.5. The fourth-order valence-electron chi connectivity index (χ4n) is 3.79. The molecule has 0 spiro atoms. The molecular formula is C27H27N3O4. The predicted molar refractivity (Wildman–Crippen MR) is 131 cm³/mol. The second kappa shape index (κ2) is 10.5. The number of aryl methyl sites for hydroxylation is 2. The molecule has 0 fully saturated rings. The highest BCUT2D eigenvalue weighted by Gasteiger charge is 2.16.